The number of ether oxygens (including phenoxy) is 1. The van der Waals surface area contributed by atoms with Gasteiger partial charge in [0.25, 0.3) is 5.91 Å². The molecule has 104 valence electrons. The molecule has 20 heavy (non-hydrogen) atoms. The van der Waals surface area contributed by atoms with Crippen molar-refractivity contribution in [3.05, 3.63) is 45.7 Å². The number of nitrogen functional groups attached to an aromatic ring is 1. The summed E-state index contributed by atoms with van der Waals surface area (Å²) in [6.45, 7) is 0. The maximum atomic E-state index is 12.2. The number of nitrogens with two attached hydrogens (primary N) is 1. The second kappa shape index (κ2) is 6.11. The molecular formula is C13H11BrClN3O2. The van der Waals surface area contributed by atoms with E-state index in [4.69, 9.17) is 22.1 Å². The molecule has 0 saturated carbocycles. The topological polar surface area (TPSA) is 77.2 Å². The van der Waals surface area contributed by atoms with E-state index in [1.54, 1.807) is 24.3 Å². The van der Waals surface area contributed by atoms with Crippen LogP contribution in [0.4, 0.5) is 11.4 Å². The van der Waals surface area contributed by atoms with Gasteiger partial charge < -0.3 is 15.8 Å². The average molecular weight is 357 g/mol. The Morgan fingerprint density at radius 1 is 1.50 bits per heavy atom. The van der Waals surface area contributed by atoms with Gasteiger partial charge in [-0.05, 0) is 40.2 Å². The van der Waals surface area contributed by atoms with Crippen LogP contribution in [0.5, 0.6) is 5.75 Å². The van der Waals surface area contributed by atoms with Crippen LogP contribution in [-0.4, -0.2) is 18.0 Å². The Morgan fingerprint density at radius 3 is 2.90 bits per heavy atom. The lowest BCUT2D eigenvalue weighted by Crippen LogP contribution is -2.16. The number of amides is 1. The fourth-order valence-corrected chi connectivity index (χ4v) is 2.62. The van der Waals surface area contributed by atoms with Gasteiger partial charge in [-0.2, -0.15) is 0 Å². The maximum Gasteiger partial charge on any atom is 0.276 e. The number of carbonyl (C=O) groups excluding carboxylic acids is 1. The molecule has 2 aromatic rings. The van der Waals surface area contributed by atoms with E-state index < -0.39 is 5.91 Å². The minimum absolute atomic E-state index is 0.144. The number of carbonyl (C=O) groups is 1. The van der Waals surface area contributed by atoms with Crippen molar-refractivity contribution in [3.8, 4) is 5.75 Å². The molecule has 0 saturated heterocycles. The third-order valence-corrected chi connectivity index (χ3v) is 3.32. The predicted octanol–water partition coefficient (Wildman–Crippen LogP) is 3.34. The SMILES string of the molecule is COc1c(Br)cc(Cl)cc1NC(=O)c1ncccc1N. The molecule has 0 unspecified atom stereocenters. The summed E-state index contributed by atoms with van der Waals surface area (Å²) in [6.07, 6.45) is 1.50. The Labute approximate surface area is 129 Å². The smallest absolute Gasteiger partial charge is 0.276 e. The Hall–Kier alpha value is -1.79. The highest BCUT2D eigenvalue weighted by Crippen LogP contribution is 2.36. The van der Waals surface area contributed by atoms with Crippen molar-refractivity contribution in [3.63, 3.8) is 0 Å². The number of hydrogen-bond acceptors (Lipinski definition) is 4. The van der Waals surface area contributed by atoms with Crippen LogP contribution in [0.2, 0.25) is 5.02 Å². The summed E-state index contributed by atoms with van der Waals surface area (Å²) < 4.78 is 5.86. The first-order valence-corrected chi connectivity index (χ1v) is 6.75. The summed E-state index contributed by atoms with van der Waals surface area (Å²) in [5, 5.41) is 3.14. The van der Waals surface area contributed by atoms with Crippen molar-refractivity contribution >= 4 is 44.8 Å². The van der Waals surface area contributed by atoms with Crippen LogP contribution in [0.15, 0.2) is 34.9 Å². The highest BCUT2D eigenvalue weighted by Gasteiger charge is 2.16. The molecule has 1 heterocycles. The standard InChI is InChI=1S/C13H11BrClN3O2/c1-20-12-8(14)5-7(15)6-10(12)18-13(19)11-9(16)3-2-4-17-11/h2-6H,16H2,1H3,(H,18,19). The van der Waals surface area contributed by atoms with Crippen LogP contribution < -0.4 is 15.8 Å². The molecule has 0 bridgehead atoms. The van der Waals surface area contributed by atoms with Crippen LogP contribution >= 0.6 is 27.5 Å². The van der Waals surface area contributed by atoms with Crippen molar-refractivity contribution in [2.75, 3.05) is 18.2 Å². The van der Waals surface area contributed by atoms with E-state index in [2.05, 4.69) is 26.2 Å². The number of methoxy groups -OCH3 is 1. The monoisotopic (exact) mass is 355 g/mol. The average Bonchev–Trinajstić information content (AvgIpc) is 2.38. The lowest BCUT2D eigenvalue weighted by molar-refractivity contribution is 0.102. The Balaban J connectivity index is 2.35. The highest BCUT2D eigenvalue weighted by atomic mass is 79.9. The minimum atomic E-state index is -0.435. The highest BCUT2D eigenvalue weighted by molar-refractivity contribution is 9.10. The molecule has 0 fully saturated rings. The zero-order valence-electron chi connectivity index (χ0n) is 10.5. The van der Waals surface area contributed by atoms with Crippen LogP contribution in [0, 0.1) is 0 Å². The summed E-state index contributed by atoms with van der Waals surface area (Å²) in [5.41, 5.74) is 6.59. The number of pyridine rings is 1. The fraction of sp³-hybridized carbons (Fsp3) is 0.0769. The molecule has 0 aliphatic heterocycles. The van der Waals surface area contributed by atoms with Gasteiger partial charge in [-0.25, -0.2) is 4.98 Å². The predicted molar refractivity (Wildman–Crippen MR) is 82.3 cm³/mol. The summed E-state index contributed by atoms with van der Waals surface area (Å²) in [7, 11) is 1.50. The molecule has 3 N–H and O–H groups in total. The minimum Gasteiger partial charge on any atom is -0.493 e. The van der Waals surface area contributed by atoms with Gasteiger partial charge in [0.2, 0.25) is 0 Å². The van der Waals surface area contributed by atoms with Crippen LogP contribution in [-0.2, 0) is 0 Å². The first-order valence-electron chi connectivity index (χ1n) is 5.57. The van der Waals surface area contributed by atoms with E-state index in [9.17, 15) is 4.79 Å². The largest absolute Gasteiger partial charge is 0.493 e. The lowest BCUT2D eigenvalue weighted by atomic mass is 10.2. The molecule has 0 atom stereocenters. The number of hydrogen-bond donors (Lipinski definition) is 2. The van der Waals surface area contributed by atoms with Crippen molar-refractivity contribution < 1.29 is 9.53 Å². The number of rotatable bonds is 3. The maximum absolute atomic E-state index is 12.2. The van der Waals surface area contributed by atoms with Crippen LogP contribution in [0.1, 0.15) is 10.5 Å². The van der Waals surface area contributed by atoms with Gasteiger partial charge in [0.05, 0.1) is 23.0 Å². The van der Waals surface area contributed by atoms with E-state index >= 15 is 0 Å². The normalized spacial score (nSPS) is 10.2. The van der Waals surface area contributed by atoms with E-state index in [0.717, 1.165) is 0 Å². The number of nitrogens with zero attached hydrogens (tertiary/aromatic N) is 1. The summed E-state index contributed by atoms with van der Waals surface area (Å²) >= 11 is 9.28. The molecular weight excluding hydrogens is 346 g/mol. The van der Waals surface area contributed by atoms with E-state index in [-0.39, 0.29) is 5.69 Å². The van der Waals surface area contributed by atoms with E-state index in [1.165, 1.54) is 13.3 Å². The van der Waals surface area contributed by atoms with Gasteiger partial charge in [-0.3, -0.25) is 4.79 Å². The third kappa shape index (κ3) is 3.02. The van der Waals surface area contributed by atoms with E-state index in [1.807, 2.05) is 0 Å². The number of benzene rings is 1. The molecule has 0 aliphatic carbocycles. The quantitative estimate of drug-likeness (QED) is 0.884. The van der Waals surface area contributed by atoms with Crippen molar-refractivity contribution in [2.24, 2.45) is 0 Å². The summed E-state index contributed by atoms with van der Waals surface area (Å²) in [5.74, 6) is 0.0350. The van der Waals surface area contributed by atoms with Gasteiger partial charge >= 0.3 is 0 Å². The second-order valence-corrected chi connectivity index (χ2v) is 5.15. The third-order valence-electron chi connectivity index (χ3n) is 2.51. The first kappa shape index (κ1) is 14.6. The van der Waals surface area contributed by atoms with Gasteiger partial charge in [-0.15, -0.1) is 0 Å². The zero-order chi connectivity index (χ0) is 14.7. The summed E-state index contributed by atoms with van der Waals surface area (Å²) in [6, 6.07) is 6.52. The Morgan fingerprint density at radius 2 is 2.25 bits per heavy atom. The van der Waals surface area contributed by atoms with Gasteiger partial charge in [0, 0.05) is 11.2 Å². The second-order valence-electron chi connectivity index (χ2n) is 3.86. The van der Waals surface area contributed by atoms with Crippen molar-refractivity contribution in [1.29, 1.82) is 0 Å². The van der Waals surface area contributed by atoms with Crippen LogP contribution in [0.25, 0.3) is 0 Å². The van der Waals surface area contributed by atoms with Gasteiger partial charge in [0.15, 0.2) is 11.4 Å². The molecule has 5 nitrogen and oxygen atoms in total. The van der Waals surface area contributed by atoms with Gasteiger partial charge in [-0.1, -0.05) is 11.6 Å². The summed E-state index contributed by atoms with van der Waals surface area (Å²) in [4.78, 5) is 16.1. The first-order chi connectivity index (χ1) is 9.52. The Bertz CT molecular complexity index is 664. The lowest BCUT2D eigenvalue weighted by Gasteiger charge is -2.12. The molecule has 1 aromatic carbocycles. The molecule has 1 amide bonds. The van der Waals surface area contributed by atoms with Gasteiger partial charge in [0.1, 0.15) is 0 Å². The fourth-order valence-electron chi connectivity index (χ4n) is 1.65. The molecule has 1 aromatic heterocycles. The van der Waals surface area contributed by atoms with Crippen LogP contribution in [0.3, 0.4) is 0 Å². The van der Waals surface area contributed by atoms with E-state index in [0.29, 0.717) is 26.6 Å². The van der Waals surface area contributed by atoms with Crippen molar-refractivity contribution in [1.82, 2.24) is 4.98 Å². The number of anilines is 2. The van der Waals surface area contributed by atoms with Crippen molar-refractivity contribution in [2.45, 2.75) is 0 Å². The molecule has 2 rings (SSSR count). The number of halogens is 2. The molecule has 0 aliphatic rings. The zero-order valence-corrected chi connectivity index (χ0v) is 12.8. The molecule has 7 heteroatoms. The molecule has 0 radical (unpaired) electrons. The number of aromatic nitrogens is 1. The molecule has 0 spiro atoms. The Kier molecular flexibility index (Phi) is 4.46. The number of nitrogens with one attached hydrogen (secondary N) is 1.